The topological polar surface area (TPSA) is 46.6 Å². The van der Waals surface area contributed by atoms with Crippen LogP contribution >= 0.6 is 58.2 Å². The predicted octanol–water partition coefficient (Wildman–Crippen LogP) is 6.20. The molecule has 0 radical (unpaired) electrons. The number of thiocarbonyl (C=S) groups is 1. The van der Waals surface area contributed by atoms with Gasteiger partial charge >= 0.3 is 0 Å². The molecule has 1 aliphatic heterocycles. The van der Waals surface area contributed by atoms with E-state index in [0.29, 0.717) is 38.1 Å². The molecule has 27 heavy (non-hydrogen) atoms. The molecule has 1 fully saturated rings. The number of amides is 1. The predicted molar refractivity (Wildman–Crippen MR) is 119 cm³/mol. The van der Waals surface area contributed by atoms with Crippen LogP contribution in [0.2, 0.25) is 5.02 Å². The van der Waals surface area contributed by atoms with Crippen molar-refractivity contribution in [3.05, 3.63) is 73.7 Å². The molecule has 8 heteroatoms. The summed E-state index contributed by atoms with van der Waals surface area (Å²) in [6.07, 6.45) is 3.29. The zero-order chi connectivity index (χ0) is 19.0. The fourth-order valence-electron chi connectivity index (χ4n) is 2.59. The number of thioether (sulfide) groups is 1. The van der Waals surface area contributed by atoms with E-state index in [-0.39, 0.29) is 5.91 Å². The van der Waals surface area contributed by atoms with Crippen LogP contribution in [0.4, 0.5) is 0 Å². The fourth-order valence-corrected chi connectivity index (χ4v) is 4.96. The van der Waals surface area contributed by atoms with E-state index in [4.69, 9.17) is 32.7 Å². The second-order valence-electron chi connectivity index (χ2n) is 5.67. The van der Waals surface area contributed by atoms with Gasteiger partial charge in [-0.05, 0) is 65.1 Å². The first-order chi connectivity index (χ1) is 13.0. The highest BCUT2D eigenvalue weighted by Gasteiger charge is 2.32. The van der Waals surface area contributed by atoms with Gasteiger partial charge in [0, 0.05) is 20.2 Å². The van der Waals surface area contributed by atoms with Crippen LogP contribution in [0.3, 0.4) is 0 Å². The number of carbonyl (C=O) groups excluding carboxylic acids is 1. The van der Waals surface area contributed by atoms with Crippen molar-refractivity contribution in [2.45, 2.75) is 6.54 Å². The monoisotopic (exact) mass is 527 g/mol. The molecule has 0 unspecified atom stereocenters. The third-order valence-corrected chi connectivity index (χ3v) is 6.37. The number of furan rings is 2. The molecule has 1 amide bonds. The Kier molecular flexibility index (Phi) is 5.45. The first-order valence-electron chi connectivity index (χ1n) is 7.84. The SMILES string of the molecule is O=C1/C(=C\c2ccc(-c3ccc(Cl)cc3I)o2)SC(=S)N1Cc1ccco1. The highest BCUT2D eigenvalue weighted by Crippen LogP contribution is 2.35. The van der Waals surface area contributed by atoms with E-state index in [9.17, 15) is 4.79 Å². The Labute approximate surface area is 183 Å². The van der Waals surface area contributed by atoms with Crippen LogP contribution in [0, 0.1) is 3.57 Å². The maximum atomic E-state index is 12.7. The van der Waals surface area contributed by atoms with Crippen LogP contribution in [0.25, 0.3) is 17.4 Å². The number of halogens is 2. The summed E-state index contributed by atoms with van der Waals surface area (Å²) < 4.78 is 12.7. The zero-order valence-electron chi connectivity index (χ0n) is 13.6. The number of hydrogen-bond acceptors (Lipinski definition) is 5. The van der Waals surface area contributed by atoms with Crippen molar-refractivity contribution in [3.63, 3.8) is 0 Å². The normalized spacial score (nSPS) is 15.9. The molecule has 0 atom stereocenters. The van der Waals surface area contributed by atoms with Gasteiger partial charge in [0.25, 0.3) is 5.91 Å². The van der Waals surface area contributed by atoms with Crippen LogP contribution in [0.1, 0.15) is 11.5 Å². The molecule has 3 aromatic rings. The van der Waals surface area contributed by atoms with Crippen molar-refractivity contribution in [3.8, 4) is 11.3 Å². The Balaban J connectivity index is 1.56. The summed E-state index contributed by atoms with van der Waals surface area (Å²) in [5, 5.41) is 0.676. The number of carbonyl (C=O) groups is 1. The summed E-state index contributed by atoms with van der Waals surface area (Å²) in [5.41, 5.74) is 0.949. The van der Waals surface area contributed by atoms with Crippen molar-refractivity contribution in [2.24, 2.45) is 0 Å². The molecule has 0 spiro atoms. The molecule has 0 saturated carbocycles. The van der Waals surface area contributed by atoms with Gasteiger partial charge < -0.3 is 8.83 Å². The molecule has 0 aliphatic carbocycles. The Morgan fingerprint density at radius 3 is 2.85 bits per heavy atom. The summed E-state index contributed by atoms with van der Waals surface area (Å²) in [6, 6.07) is 12.9. The molecular formula is C19H11ClINO3S2. The third kappa shape index (κ3) is 4.01. The summed E-state index contributed by atoms with van der Waals surface area (Å²) in [5.74, 6) is 1.84. The van der Waals surface area contributed by atoms with Gasteiger partial charge in [-0.2, -0.15) is 0 Å². The fraction of sp³-hybridized carbons (Fsp3) is 0.0526. The van der Waals surface area contributed by atoms with Crippen molar-refractivity contribution in [1.82, 2.24) is 4.90 Å². The second kappa shape index (κ2) is 7.83. The van der Waals surface area contributed by atoms with E-state index in [1.165, 1.54) is 16.7 Å². The highest BCUT2D eigenvalue weighted by molar-refractivity contribution is 14.1. The average molecular weight is 528 g/mol. The largest absolute Gasteiger partial charge is 0.467 e. The average Bonchev–Trinajstić information content (AvgIpc) is 3.34. The van der Waals surface area contributed by atoms with Crippen LogP contribution in [-0.4, -0.2) is 15.1 Å². The second-order valence-corrected chi connectivity index (χ2v) is 8.95. The van der Waals surface area contributed by atoms with E-state index in [1.54, 1.807) is 18.4 Å². The van der Waals surface area contributed by atoms with Crippen molar-refractivity contribution in [2.75, 3.05) is 0 Å². The van der Waals surface area contributed by atoms with E-state index < -0.39 is 0 Å². The molecule has 0 bridgehead atoms. The Morgan fingerprint density at radius 2 is 2.11 bits per heavy atom. The van der Waals surface area contributed by atoms with Gasteiger partial charge in [-0.25, -0.2) is 0 Å². The molecule has 136 valence electrons. The molecular weight excluding hydrogens is 517 g/mol. The Morgan fingerprint density at radius 1 is 1.26 bits per heavy atom. The maximum Gasteiger partial charge on any atom is 0.266 e. The Bertz CT molecular complexity index is 1060. The van der Waals surface area contributed by atoms with E-state index in [2.05, 4.69) is 22.6 Å². The lowest BCUT2D eigenvalue weighted by molar-refractivity contribution is -0.122. The van der Waals surface area contributed by atoms with E-state index >= 15 is 0 Å². The lowest BCUT2D eigenvalue weighted by atomic mass is 10.2. The molecule has 1 aliphatic rings. The number of hydrogen-bond donors (Lipinski definition) is 0. The van der Waals surface area contributed by atoms with Crippen molar-refractivity contribution in [1.29, 1.82) is 0 Å². The van der Waals surface area contributed by atoms with Crippen LogP contribution in [0.5, 0.6) is 0 Å². The van der Waals surface area contributed by atoms with E-state index in [0.717, 1.165) is 9.13 Å². The minimum atomic E-state index is -0.152. The van der Waals surface area contributed by atoms with Gasteiger partial charge in [-0.3, -0.25) is 9.69 Å². The van der Waals surface area contributed by atoms with Crippen molar-refractivity contribution >= 4 is 74.5 Å². The minimum absolute atomic E-state index is 0.152. The zero-order valence-corrected chi connectivity index (χ0v) is 18.2. The summed E-state index contributed by atoms with van der Waals surface area (Å²) >= 11 is 14.8. The van der Waals surface area contributed by atoms with Crippen LogP contribution in [0.15, 0.2) is 62.5 Å². The van der Waals surface area contributed by atoms with Gasteiger partial charge in [-0.15, -0.1) is 0 Å². The molecule has 0 N–H and O–H groups in total. The number of rotatable bonds is 4. The number of benzene rings is 1. The Hall–Kier alpha value is -1.55. The third-order valence-electron chi connectivity index (χ3n) is 3.86. The molecule has 1 aromatic carbocycles. The minimum Gasteiger partial charge on any atom is -0.467 e. The first kappa shape index (κ1) is 18.8. The quantitative estimate of drug-likeness (QED) is 0.230. The smallest absolute Gasteiger partial charge is 0.266 e. The highest BCUT2D eigenvalue weighted by atomic mass is 127. The summed E-state index contributed by atoms with van der Waals surface area (Å²) in [6.45, 7) is 0.321. The maximum absolute atomic E-state index is 12.7. The summed E-state index contributed by atoms with van der Waals surface area (Å²) in [4.78, 5) is 14.7. The van der Waals surface area contributed by atoms with Crippen LogP contribution in [-0.2, 0) is 11.3 Å². The molecule has 1 saturated heterocycles. The molecule has 2 aromatic heterocycles. The molecule has 4 nitrogen and oxygen atoms in total. The standard InChI is InChI=1S/C19H11ClINO3S2/c20-11-3-5-14(15(21)8-11)16-6-4-12(25-16)9-17-18(23)22(19(26)27-17)10-13-2-1-7-24-13/h1-9H,10H2/b17-9+. The van der Waals surface area contributed by atoms with Crippen molar-refractivity contribution < 1.29 is 13.6 Å². The molecule has 4 rings (SSSR count). The summed E-state index contributed by atoms with van der Waals surface area (Å²) in [7, 11) is 0. The van der Waals surface area contributed by atoms with Gasteiger partial charge in [-0.1, -0.05) is 35.6 Å². The first-order valence-corrected chi connectivity index (χ1v) is 10.5. The van der Waals surface area contributed by atoms with Gasteiger partial charge in [0.15, 0.2) is 0 Å². The number of nitrogens with zero attached hydrogens (tertiary/aromatic N) is 1. The van der Waals surface area contributed by atoms with Crippen LogP contribution < -0.4 is 0 Å². The lowest BCUT2D eigenvalue weighted by Crippen LogP contribution is -2.27. The van der Waals surface area contributed by atoms with E-state index in [1.807, 2.05) is 36.4 Å². The van der Waals surface area contributed by atoms with Gasteiger partial charge in [0.2, 0.25) is 0 Å². The van der Waals surface area contributed by atoms with Gasteiger partial charge in [0.05, 0.1) is 17.7 Å². The molecule has 3 heterocycles. The lowest BCUT2D eigenvalue weighted by Gasteiger charge is -2.11. The van der Waals surface area contributed by atoms with Gasteiger partial charge in [0.1, 0.15) is 21.6 Å².